The minimum Gasteiger partial charge on any atom is -0.369 e. The topological polar surface area (TPSA) is 82.0 Å². The maximum Gasteiger partial charge on any atom is 0.433 e. The van der Waals surface area contributed by atoms with E-state index in [1.165, 1.54) is 29.1 Å². The molecule has 0 aliphatic carbocycles. The molecule has 0 saturated heterocycles. The average molecular weight is 280 g/mol. The van der Waals surface area contributed by atoms with Crippen LogP contribution < -0.4 is 5.73 Å². The van der Waals surface area contributed by atoms with Gasteiger partial charge in [0.25, 0.3) is 0 Å². The predicted octanol–water partition coefficient (Wildman–Crippen LogP) is 1.79. The minimum atomic E-state index is -4.57. The Morgan fingerprint density at radius 1 is 1.15 bits per heavy atom. The van der Waals surface area contributed by atoms with Crippen molar-refractivity contribution >= 4 is 11.6 Å². The molecule has 3 heterocycles. The van der Waals surface area contributed by atoms with E-state index >= 15 is 0 Å². The predicted molar refractivity (Wildman–Crippen MR) is 63.4 cm³/mol. The van der Waals surface area contributed by atoms with E-state index in [1.54, 1.807) is 0 Å². The van der Waals surface area contributed by atoms with Crippen molar-refractivity contribution in [2.24, 2.45) is 0 Å². The van der Waals surface area contributed by atoms with E-state index in [0.717, 1.165) is 6.20 Å². The summed E-state index contributed by atoms with van der Waals surface area (Å²) in [6.07, 6.45) is -0.983. The Morgan fingerprint density at radius 2 is 1.95 bits per heavy atom. The lowest BCUT2D eigenvalue weighted by Gasteiger charge is -2.11. The van der Waals surface area contributed by atoms with Gasteiger partial charge in [-0.3, -0.25) is 9.38 Å². The number of pyridine rings is 1. The number of rotatable bonds is 1. The molecule has 0 aliphatic rings. The van der Waals surface area contributed by atoms with Gasteiger partial charge >= 0.3 is 6.18 Å². The number of halogens is 3. The first-order chi connectivity index (χ1) is 9.48. The van der Waals surface area contributed by atoms with Crippen molar-refractivity contribution in [3.8, 4) is 11.1 Å². The van der Waals surface area contributed by atoms with E-state index in [-0.39, 0.29) is 22.7 Å². The molecular weight excluding hydrogens is 273 g/mol. The minimum absolute atomic E-state index is 0.0891. The molecule has 0 amide bonds. The van der Waals surface area contributed by atoms with Gasteiger partial charge in [-0.1, -0.05) is 6.07 Å². The zero-order valence-corrected chi connectivity index (χ0v) is 9.83. The van der Waals surface area contributed by atoms with Crippen LogP contribution >= 0.6 is 0 Å². The molecule has 0 atom stereocenters. The standard InChI is InChI=1S/C11H7F3N6/c12-11(13,14)8-6(2-1-3-16-8)7-4-17-10(15)20-5-18-19-9(7)20/h1-5H,(H2,15,17). The van der Waals surface area contributed by atoms with Crippen LogP contribution in [0.2, 0.25) is 0 Å². The smallest absolute Gasteiger partial charge is 0.369 e. The van der Waals surface area contributed by atoms with Gasteiger partial charge in [-0.15, -0.1) is 10.2 Å². The third kappa shape index (κ3) is 1.83. The Morgan fingerprint density at radius 3 is 2.70 bits per heavy atom. The number of hydrogen-bond acceptors (Lipinski definition) is 5. The van der Waals surface area contributed by atoms with Crippen LogP contribution in [0.3, 0.4) is 0 Å². The molecule has 9 heteroatoms. The monoisotopic (exact) mass is 280 g/mol. The van der Waals surface area contributed by atoms with Crippen LogP contribution in [0.4, 0.5) is 19.1 Å². The van der Waals surface area contributed by atoms with Crippen molar-refractivity contribution in [2.45, 2.75) is 6.18 Å². The molecule has 0 bridgehead atoms. The van der Waals surface area contributed by atoms with Gasteiger partial charge in [0, 0.05) is 23.5 Å². The van der Waals surface area contributed by atoms with Gasteiger partial charge in [-0.25, -0.2) is 4.98 Å². The first kappa shape index (κ1) is 12.3. The van der Waals surface area contributed by atoms with Crippen LogP contribution in [0.25, 0.3) is 16.8 Å². The molecular formula is C11H7F3N6. The molecule has 3 rings (SSSR count). The molecule has 6 nitrogen and oxygen atoms in total. The molecule has 102 valence electrons. The molecule has 0 saturated carbocycles. The molecule has 3 aromatic heterocycles. The fraction of sp³-hybridized carbons (Fsp3) is 0.0909. The van der Waals surface area contributed by atoms with Crippen LogP contribution in [0.15, 0.2) is 30.9 Å². The summed E-state index contributed by atoms with van der Waals surface area (Å²) in [5.41, 5.74) is 4.84. The number of aromatic nitrogens is 5. The largest absolute Gasteiger partial charge is 0.433 e. The molecule has 0 fully saturated rings. The highest BCUT2D eigenvalue weighted by molar-refractivity contribution is 5.79. The average Bonchev–Trinajstić information content (AvgIpc) is 2.88. The Balaban J connectivity index is 2.32. The van der Waals surface area contributed by atoms with Crippen molar-refractivity contribution in [1.29, 1.82) is 0 Å². The summed E-state index contributed by atoms with van der Waals surface area (Å²) in [6.45, 7) is 0. The van der Waals surface area contributed by atoms with Crippen molar-refractivity contribution < 1.29 is 13.2 Å². The second-order valence-electron chi connectivity index (χ2n) is 3.95. The second kappa shape index (κ2) is 4.15. The Kier molecular flexibility index (Phi) is 2.56. The molecule has 3 aromatic rings. The summed E-state index contributed by atoms with van der Waals surface area (Å²) in [4.78, 5) is 7.24. The lowest BCUT2D eigenvalue weighted by molar-refractivity contribution is -0.140. The number of nitrogens with zero attached hydrogens (tertiary/aromatic N) is 5. The first-order valence-electron chi connectivity index (χ1n) is 5.45. The molecule has 0 spiro atoms. The van der Waals surface area contributed by atoms with Gasteiger partial charge in [0.15, 0.2) is 11.3 Å². The van der Waals surface area contributed by atoms with E-state index in [4.69, 9.17) is 5.73 Å². The Labute approximate surface area is 110 Å². The molecule has 2 N–H and O–H groups in total. The highest BCUT2D eigenvalue weighted by Crippen LogP contribution is 2.36. The first-order valence-corrected chi connectivity index (χ1v) is 5.45. The van der Waals surface area contributed by atoms with Crippen LogP contribution in [0.1, 0.15) is 5.69 Å². The lowest BCUT2D eigenvalue weighted by atomic mass is 10.1. The number of nitrogen functional groups attached to an aromatic ring is 1. The number of alkyl halides is 3. The van der Waals surface area contributed by atoms with Crippen LogP contribution in [-0.2, 0) is 6.18 Å². The van der Waals surface area contributed by atoms with E-state index in [0.29, 0.717) is 0 Å². The highest BCUT2D eigenvalue weighted by atomic mass is 19.4. The van der Waals surface area contributed by atoms with Gasteiger partial charge in [0.1, 0.15) is 6.33 Å². The summed E-state index contributed by atoms with van der Waals surface area (Å²) >= 11 is 0. The number of anilines is 1. The summed E-state index contributed by atoms with van der Waals surface area (Å²) in [5.74, 6) is 0.0891. The zero-order chi connectivity index (χ0) is 14.3. The quantitative estimate of drug-likeness (QED) is 0.734. The lowest BCUT2D eigenvalue weighted by Crippen LogP contribution is -2.10. The summed E-state index contributed by atoms with van der Waals surface area (Å²) in [7, 11) is 0. The SMILES string of the molecule is Nc1ncc(-c2cccnc2C(F)(F)F)c2nncn12. The van der Waals surface area contributed by atoms with Crippen molar-refractivity contribution in [1.82, 2.24) is 24.6 Å². The maximum absolute atomic E-state index is 13.0. The van der Waals surface area contributed by atoms with E-state index < -0.39 is 11.9 Å². The van der Waals surface area contributed by atoms with Crippen LogP contribution in [-0.4, -0.2) is 24.6 Å². The molecule has 0 radical (unpaired) electrons. The van der Waals surface area contributed by atoms with Crippen molar-refractivity contribution in [3.63, 3.8) is 0 Å². The van der Waals surface area contributed by atoms with Crippen LogP contribution in [0, 0.1) is 0 Å². The Hall–Kier alpha value is -2.71. The van der Waals surface area contributed by atoms with Gasteiger partial charge < -0.3 is 5.73 Å². The normalized spacial score (nSPS) is 11.9. The summed E-state index contributed by atoms with van der Waals surface area (Å²) in [6, 6.07) is 2.71. The van der Waals surface area contributed by atoms with E-state index in [9.17, 15) is 13.2 Å². The molecule has 0 aromatic carbocycles. The number of nitrogens with two attached hydrogens (primary N) is 1. The molecule has 20 heavy (non-hydrogen) atoms. The van der Waals surface area contributed by atoms with E-state index in [1.807, 2.05) is 0 Å². The fourth-order valence-corrected chi connectivity index (χ4v) is 1.88. The van der Waals surface area contributed by atoms with Crippen molar-refractivity contribution in [2.75, 3.05) is 5.73 Å². The summed E-state index contributed by atoms with van der Waals surface area (Å²) < 4.78 is 40.3. The number of hydrogen-bond donors (Lipinski definition) is 1. The third-order valence-electron chi connectivity index (χ3n) is 2.73. The maximum atomic E-state index is 13.0. The second-order valence-corrected chi connectivity index (χ2v) is 3.95. The number of fused-ring (bicyclic) bond motifs is 1. The van der Waals surface area contributed by atoms with Gasteiger partial charge in [0.05, 0.1) is 0 Å². The zero-order valence-electron chi connectivity index (χ0n) is 9.83. The fourth-order valence-electron chi connectivity index (χ4n) is 1.88. The van der Waals surface area contributed by atoms with Gasteiger partial charge in [-0.2, -0.15) is 13.2 Å². The molecule has 0 unspecified atom stereocenters. The van der Waals surface area contributed by atoms with Gasteiger partial charge in [0.2, 0.25) is 5.95 Å². The Bertz CT molecular complexity index is 779. The third-order valence-corrected chi connectivity index (χ3v) is 2.73. The van der Waals surface area contributed by atoms with Crippen molar-refractivity contribution in [3.05, 3.63) is 36.5 Å². The van der Waals surface area contributed by atoms with E-state index in [2.05, 4.69) is 20.2 Å². The van der Waals surface area contributed by atoms with Crippen LogP contribution in [0.5, 0.6) is 0 Å². The highest BCUT2D eigenvalue weighted by Gasteiger charge is 2.36. The molecule has 0 aliphatic heterocycles. The van der Waals surface area contributed by atoms with Gasteiger partial charge in [-0.05, 0) is 6.07 Å². The summed E-state index contributed by atoms with van der Waals surface area (Å²) in [5, 5.41) is 7.41.